The Balaban J connectivity index is 2.32. The van der Waals surface area contributed by atoms with Crippen LogP contribution in [0.5, 0.6) is 0 Å². The van der Waals surface area contributed by atoms with Gasteiger partial charge in [0, 0.05) is 18.9 Å². The van der Waals surface area contributed by atoms with E-state index in [1.54, 1.807) is 0 Å². The predicted molar refractivity (Wildman–Crippen MR) is 52.8 cm³/mol. The zero-order valence-corrected chi connectivity index (χ0v) is 7.84. The average molecular weight is 163 g/mol. The number of piperidine rings is 1. The van der Waals surface area contributed by atoms with Gasteiger partial charge in [-0.1, -0.05) is 17.9 Å². The summed E-state index contributed by atoms with van der Waals surface area (Å²) in [5, 5.41) is 0. The first-order valence-corrected chi connectivity index (χ1v) is 4.60. The third kappa shape index (κ3) is 3.11. The molecule has 0 radical (unpaired) electrons. The molecule has 0 aliphatic carbocycles. The number of likely N-dealkylation sites (tertiary alicyclic amines) is 1. The third-order valence-corrected chi connectivity index (χ3v) is 2.18. The largest absolute Gasteiger partial charge is 0.305 e. The van der Waals surface area contributed by atoms with Crippen LogP contribution in [0.15, 0.2) is 12.7 Å². The lowest BCUT2D eigenvalue weighted by Gasteiger charge is -2.26. The molecular formula is C11H17N. The molecule has 1 heterocycles. The molecule has 1 atom stereocenters. The van der Waals surface area contributed by atoms with Crippen LogP contribution in [0.4, 0.5) is 0 Å². The van der Waals surface area contributed by atoms with Crippen molar-refractivity contribution in [2.45, 2.75) is 19.3 Å². The van der Waals surface area contributed by atoms with E-state index < -0.39 is 0 Å². The third-order valence-electron chi connectivity index (χ3n) is 2.18. The molecule has 0 bridgehead atoms. The number of nitrogens with zero attached hydrogens (tertiary/aromatic N) is 1. The summed E-state index contributed by atoms with van der Waals surface area (Å²) in [6.45, 7) is 6.02. The van der Waals surface area contributed by atoms with Gasteiger partial charge in [0.1, 0.15) is 0 Å². The Morgan fingerprint density at radius 1 is 1.67 bits per heavy atom. The first-order chi connectivity index (χ1) is 5.83. The molecule has 1 rings (SSSR count). The Bertz CT molecular complexity index is 197. The molecule has 1 aliphatic rings. The topological polar surface area (TPSA) is 3.24 Å². The van der Waals surface area contributed by atoms with Crippen LogP contribution in [0.1, 0.15) is 19.3 Å². The molecular weight excluding hydrogens is 146 g/mol. The van der Waals surface area contributed by atoms with Gasteiger partial charge in [0.2, 0.25) is 0 Å². The fourth-order valence-corrected chi connectivity index (χ4v) is 1.56. The number of hydrogen-bond donors (Lipinski definition) is 0. The molecule has 0 aromatic carbocycles. The molecule has 1 saturated heterocycles. The van der Waals surface area contributed by atoms with E-state index in [0.29, 0.717) is 5.92 Å². The highest BCUT2D eigenvalue weighted by molar-refractivity contribution is 5.07. The van der Waals surface area contributed by atoms with Crippen LogP contribution in [0.2, 0.25) is 0 Å². The Labute approximate surface area is 75.5 Å². The molecule has 1 aliphatic heterocycles. The highest BCUT2D eigenvalue weighted by Crippen LogP contribution is 2.13. The van der Waals surface area contributed by atoms with Crippen LogP contribution >= 0.6 is 0 Å². The van der Waals surface area contributed by atoms with Crippen molar-refractivity contribution < 1.29 is 0 Å². The van der Waals surface area contributed by atoms with Crippen LogP contribution < -0.4 is 0 Å². The van der Waals surface area contributed by atoms with E-state index in [0.717, 1.165) is 13.0 Å². The second kappa shape index (κ2) is 5.00. The Morgan fingerprint density at radius 2 is 2.50 bits per heavy atom. The van der Waals surface area contributed by atoms with E-state index in [2.05, 4.69) is 30.4 Å². The summed E-state index contributed by atoms with van der Waals surface area (Å²) < 4.78 is 0. The predicted octanol–water partition coefficient (Wildman–Crippen LogP) is 1.91. The van der Waals surface area contributed by atoms with Crippen molar-refractivity contribution in [3.05, 3.63) is 12.7 Å². The molecule has 1 fully saturated rings. The average Bonchev–Trinajstić information content (AvgIpc) is 2.05. The zero-order chi connectivity index (χ0) is 8.81. The smallest absolute Gasteiger partial charge is 0.0330 e. The zero-order valence-electron chi connectivity index (χ0n) is 7.84. The summed E-state index contributed by atoms with van der Waals surface area (Å²) in [5.41, 5.74) is 0. The molecule has 0 aromatic heterocycles. The molecule has 0 amide bonds. The fourth-order valence-electron chi connectivity index (χ4n) is 1.56. The van der Waals surface area contributed by atoms with E-state index in [1.807, 2.05) is 6.08 Å². The van der Waals surface area contributed by atoms with Crippen molar-refractivity contribution in [1.29, 1.82) is 0 Å². The van der Waals surface area contributed by atoms with Gasteiger partial charge in [-0.05, 0) is 26.4 Å². The molecule has 66 valence electrons. The van der Waals surface area contributed by atoms with Gasteiger partial charge in [-0.15, -0.1) is 6.58 Å². The van der Waals surface area contributed by atoms with E-state index in [-0.39, 0.29) is 0 Å². The van der Waals surface area contributed by atoms with E-state index >= 15 is 0 Å². The Kier molecular flexibility index (Phi) is 3.90. The molecule has 12 heavy (non-hydrogen) atoms. The minimum Gasteiger partial charge on any atom is -0.305 e. The highest BCUT2D eigenvalue weighted by atomic mass is 15.1. The molecule has 1 unspecified atom stereocenters. The van der Waals surface area contributed by atoms with Crippen molar-refractivity contribution in [2.24, 2.45) is 5.92 Å². The van der Waals surface area contributed by atoms with Gasteiger partial charge in [-0.25, -0.2) is 0 Å². The molecule has 0 spiro atoms. The molecule has 1 nitrogen and oxygen atoms in total. The minimum atomic E-state index is 0.601. The van der Waals surface area contributed by atoms with Gasteiger partial charge >= 0.3 is 0 Å². The van der Waals surface area contributed by atoms with Gasteiger partial charge in [0.25, 0.3) is 0 Å². The molecule has 0 saturated carbocycles. The first kappa shape index (κ1) is 9.35. The second-order valence-corrected chi connectivity index (χ2v) is 3.42. The monoisotopic (exact) mass is 163 g/mol. The lowest BCUT2D eigenvalue weighted by molar-refractivity contribution is 0.242. The Morgan fingerprint density at radius 3 is 3.17 bits per heavy atom. The molecule has 0 N–H and O–H groups in total. The summed E-state index contributed by atoms with van der Waals surface area (Å²) >= 11 is 0. The summed E-state index contributed by atoms with van der Waals surface area (Å²) in [6.07, 6.45) is 5.26. The van der Waals surface area contributed by atoms with Crippen LogP contribution in [-0.2, 0) is 0 Å². The van der Waals surface area contributed by atoms with Crippen molar-refractivity contribution in [1.82, 2.24) is 4.90 Å². The van der Waals surface area contributed by atoms with E-state index in [1.165, 1.54) is 19.4 Å². The second-order valence-electron chi connectivity index (χ2n) is 3.42. The fraction of sp³-hybridized carbons (Fsp3) is 0.636. The summed E-state index contributed by atoms with van der Waals surface area (Å²) in [5.74, 6) is 7.02. The lowest BCUT2D eigenvalue weighted by Crippen LogP contribution is -2.31. The Hall–Kier alpha value is -0.740. The quantitative estimate of drug-likeness (QED) is 0.421. The summed E-state index contributed by atoms with van der Waals surface area (Å²) in [7, 11) is 2.17. The number of allylic oxidation sites excluding steroid dienone is 1. The summed E-state index contributed by atoms with van der Waals surface area (Å²) in [6, 6.07) is 0. The molecule has 1 heteroatoms. The van der Waals surface area contributed by atoms with Crippen molar-refractivity contribution >= 4 is 0 Å². The number of rotatable bonds is 1. The van der Waals surface area contributed by atoms with Crippen molar-refractivity contribution in [3.63, 3.8) is 0 Å². The SMILES string of the molecule is C=CCC#CC1CCCN(C)C1. The normalized spacial score (nSPS) is 24.2. The van der Waals surface area contributed by atoms with Crippen molar-refractivity contribution in [3.8, 4) is 11.8 Å². The highest BCUT2D eigenvalue weighted by Gasteiger charge is 2.13. The van der Waals surface area contributed by atoms with Gasteiger partial charge < -0.3 is 4.90 Å². The number of hydrogen-bond acceptors (Lipinski definition) is 1. The van der Waals surface area contributed by atoms with Crippen LogP contribution in [-0.4, -0.2) is 25.0 Å². The standard InChI is InChI=1S/C11H17N/c1-3-4-5-7-11-8-6-9-12(2)10-11/h3,11H,1,4,6,8-10H2,2H3. The maximum absolute atomic E-state index is 3.65. The van der Waals surface area contributed by atoms with E-state index in [4.69, 9.17) is 0 Å². The maximum Gasteiger partial charge on any atom is 0.0330 e. The van der Waals surface area contributed by atoms with E-state index in [9.17, 15) is 0 Å². The minimum absolute atomic E-state index is 0.601. The van der Waals surface area contributed by atoms with Gasteiger partial charge in [-0.3, -0.25) is 0 Å². The van der Waals surface area contributed by atoms with Gasteiger partial charge in [0.05, 0.1) is 0 Å². The summed E-state index contributed by atoms with van der Waals surface area (Å²) in [4.78, 5) is 2.36. The van der Waals surface area contributed by atoms with Crippen molar-refractivity contribution in [2.75, 3.05) is 20.1 Å². The maximum atomic E-state index is 3.65. The van der Waals surface area contributed by atoms with Crippen LogP contribution in [0, 0.1) is 17.8 Å². The lowest BCUT2D eigenvalue weighted by atomic mass is 9.99. The van der Waals surface area contributed by atoms with Gasteiger partial charge in [-0.2, -0.15) is 0 Å². The molecule has 0 aromatic rings. The van der Waals surface area contributed by atoms with Crippen LogP contribution in [0.25, 0.3) is 0 Å². The van der Waals surface area contributed by atoms with Crippen LogP contribution in [0.3, 0.4) is 0 Å². The first-order valence-electron chi connectivity index (χ1n) is 4.60. The van der Waals surface area contributed by atoms with Gasteiger partial charge in [0.15, 0.2) is 0 Å².